The fraction of sp³-hybridized carbons (Fsp3) is 0.550. The Morgan fingerprint density at radius 2 is 2.07 bits per heavy atom. The van der Waals surface area contributed by atoms with Crippen LogP contribution in [0.15, 0.2) is 35.6 Å². The van der Waals surface area contributed by atoms with Crippen LogP contribution in [0.4, 0.5) is 17.6 Å². The summed E-state index contributed by atoms with van der Waals surface area (Å²) in [6, 6.07) is 1.51. The SMILES string of the molecule is C=C(C)/N=C(\C)C(=O)N1CC(C)(F)C[C@@H](C)[C@H]1COc1ccc(C(F)(F)F)cn1. The van der Waals surface area contributed by atoms with Gasteiger partial charge in [0, 0.05) is 18.0 Å². The summed E-state index contributed by atoms with van der Waals surface area (Å²) >= 11 is 0. The Kier molecular flexibility index (Phi) is 6.70. The number of ether oxygens (including phenoxy) is 1. The second-order valence-electron chi connectivity index (χ2n) is 7.72. The van der Waals surface area contributed by atoms with E-state index < -0.39 is 29.4 Å². The molecule has 2 heterocycles. The zero-order chi connectivity index (χ0) is 22.0. The normalized spacial score (nSPS) is 25.7. The fourth-order valence-electron chi connectivity index (χ4n) is 3.47. The number of hydrogen-bond acceptors (Lipinski definition) is 4. The molecule has 2 rings (SSSR count). The Morgan fingerprint density at radius 3 is 2.59 bits per heavy atom. The van der Waals surface area contributed by atoms with E-state index in [1.54, 1.807) is 13.8 Å². The van der Waals surface area contributed by atoms with Gasteiger partial charge in [0.25, 0.3) is 5.91 Å². The van der Waals surface area contributed by atoms with E-state index in [4.69, 9.17) is 4.74 Å². The third-order valence-corrected chi connectivity index (χ3v) is 4.70. The fourth-order valence-corrected chi connectivity index (χ4v) is 3.47. The van der Waals surface area contributed by atoms with Crippen LogP contribution in [0.3, 0.4) is 0 Å². The number of likely N-dealkylation sites (tertiary alicyclic amines) is 1. The third kappa shape index (κ3) is 6.01. The highest BCUT2D eigenvalue weighted by molar-refractivity contribution is 6.38. The molecule has 0 aromatic carbocycles. The Bertz CT molecular complexity index is 788. The van der Waals surface area contributed by atoms with Gasteiger partial charge in [0.1, 0.15) is 18.0 Å². The van der Waals surface area contributed by atoms with E-state index in [0.29, 0.717) is 11.9 Å². The van der Waals surface area contributed by atoms with E-state index >= 15 is 0 Å². The Hall–Kier alpha value is -2.45. The van der Waals surface area contributed by atoms with Gasteiger partial charge >= 0.3 is 6.18 Å². The number of alkyl halides is 4. The monoisotopic (exact) mass is 415 g/mol. The summed E-state index contributed by atoms with van der Waals surface area (Å²) in [6.07, 6.45) is -3.58. The minimum absolute atomic E-state index is 0.00138. The van der Waals surface area contributed by atoms with Crippen LogP contribution in [0, 0.1) is 5.92 Å². The summed E-state index contributed by atoms with van der Waals surface area (Å²) in [5.74, 6) is -0.675. The minimum atomic E-state index is -4.49. The second-order valence-corrected chi connectivity index (χ2v) is 7.72. The van der Waals surface area contributed by atoms with Gasteiger partial charge in [-0.05, 0) is 39.2 Å². The molecule has 0 aliphatic carbocycles. The topological polar surface area (TPSA) is 54.8 Å². The number of amides is 1. The van der Waals surface area contributed by atoms with E-state index in [0.717, 1.165) is 12.1 Å². The first kappa shape index (κ1) is 22.8. The van der Waals surface area contributed by atoms with Crippen molar-refractivity contribution in [2.45, 2.75) is 52.0 Å². The number of aliphatic imine (C=N–C) groups is 1. The number of halogens is 4. The van der Waals surface area contributed by atoms with Crippen molar-refractivity contribution in [2.75, 3.05) is 13.2 Å². The summed E-state index contributed by atoms with van der Waals surface area (Å²) in [6.45, 7) is 9.89. The van der Waals surface area contributed by atoms with Gasteiger partial charge < -0.3 is 9.64 Å². The van der Waals surface area contributed by atoms with Crippen molar-refractivity contribution >= 4 is 11.6 Å². The lowest BCUT2D eigenvalue weighted by Crippen LogP contribution is -2.58. The van der Waals surface area contributed by atoms with E-state index in [-0.39, 0.29) is 37.1 Å². The first-order valence-electron chi connectivity index (χ1n) is 9.17. The number of piperidine rings is 1. The van der Waals surface area contributed by atoms with E-state index in [2.05, 4.69) is 16.6 Å². The van der Waals surface area contributed by atoms with E-state index in [1.165, 1.54) is 18.7 Å². The summed E-state index contributed by atoms with van der Waals surface area (Å²) in [4.78, 5) is 21.9. The molecule has 1 fully saturated rings. The van der Waals surface area contributed by atoms with Crippen molar-refractivity contribution in [3.05, 3.63) is 36.2 Å². The number of pyridine rings is 1. The average Bonchev–Trinajstić information content (AvgIpc) is 2.58. The molecule has 29 heavy (non-hydrogen) atoms. The summed E-state index contributed by atoms with van der Waals surface area (Å²) in [5, 5.41) is 0. The second kappa shape index (κ2) is 8.51. The number of rotatable bonds is 5. The highest BCUT2D eigenvalue weighted by atomic mass is 19.4. The minimum Gasteiger partial charge on any atom is -0.475 e. The average molecular weight is 415 g/mol. The predicted molar refractivity (Wildman–Crippen MR) is 101 cm³/mol. The lowest BCUT2D eigenvalue weighted by molar-refractivity contribution is -0.138. The van der Waals surface area contributed by atoms with Crippen molar-refractivity contribution in [1.29, 1.82) is 0 Å². The largest absolute Gasteiger partial charge is 0.475 e. The molecule has 1 aromatic heterocycles. The summed E-state index contributed by atoms with van der Waals surface area (Å²) in [5.41, 5.74) is -1.82. The molecule has 3 atom stereocenters. The summed E-state index contributed by atoms with van der Waals surface area (Å²) in [7, 11) is 0. The maximum atomic E-state index is 14.7. The molecule has 0 radical (unpaired) electrons. The smallest absolute Gasteiger partial charge is 0.417 e. The van der Waals surface area contributed by atoms with Crippen LogP contribution in [-0.2, 0) is 11.0 Å². The zero-order valence-corrected chi connectivity index (χ0v) is 16.9. The van der Waals surface area contributed by atoms with Crippen LogP contribution in [0.2, 0.25) is 0 Å². The number of aromatic nitrogens is 1. The van der Waals surface area contributed by atoms with Gasteiger partial charge in [0.05, 0.1) is 18.2 Å². The molecule has 160 valence electrons. The van der Waals surface area contributed by atoms with Crippen molar-refractivity contribution < 1.29 is 27.1 Å². The van der Waals surface area contributed by atoms with Crippen molar-refractivity contribution in [3.8, 4) is 5.88 Å². The molecule has 0 saturated carbocycles. The quantitative estimate of drug-likeness (QED) is 0.528. The van der Waals surface area contributed by atoms with Crippen LogP contribution in [0.5, 0.6) is 5.88 Å². The van der Waals surface area contributed by atoms with Crippen LogP contribution < -0.4 is 4.74 Å². The molecular formula is C20H25F4N3O2. The molecule has 0 bridgehead atoms. The third-order valence-electron chi connectivity index (χ3n) is 4.70. The molecule has 1 aliphatic rings. The Morgan fingerprint density at radius 1 is 1.41 bits per heavy atom. The molecule has 9 heteroatoms. The zero-order valence-electron chi connectivity index (χ0n) is 16.9. The standard InChI is InChI=1S/C20H25F4N3O2/c1-12(2)26-14(4)18(28)27-11-19(5,21)8-13(3)16(27)10-29-17-7-6-15(9-25-17)20(22,23)24/h6-7,9,13,16H,1,8,10-11H2,2-5H3/b26-14+/t13-,16-,19?/m1/s1. The lowest BCUT2D eigenvalue weighted by atomic mass is 9.83. The van der Waals surface area contributed by atoms with Crippen LogP contribution in [0.25, 0.3) is 0 Å². The number of hydrogen-bond donors (Lipinski definition) is 0. The van der Waals surface area contributed by atoms with Gasteiger partial charge in [-0.1, -0.05) is 13.5 Å². The summed E-state index contributed by atoms with van der Waals surface area (Å²) < 4.78 is 58.2. The predicted octanol–water partition coefficient (Wildman–Crippen LogP) is 4.44. The van der Waals surface area contributed by atoms with E-state index in [9.17, 15) is 22.4 Å². The van der Waals surface area contributed by atoms with Crippen LogP contribution >= 0.6 is 0 Å². The number of carbonyl (C=O) groups excluding carboxylic acids is 1. The first-order chi connectivity index (χ1) is 13.3. The van der Waals surface area contributed by atoms with Crippen LogP contribution in [-0.4, -0.2) is 46.4 Å². The molecule has 1 aliphatic heterocycles. The molecule has 1 unspecified atom stereocenters. The van der Waals surface area contributed by atoms with Gasteiger partial charge in [-0.15, -0.1) is 0 Å². The molecule has 0 N–H and O–H groups in total. The van der Waals surface area contributed by atoms with Crippen molar-refractivity contribution in [3.63, 3.8) is 0 Å². The molecule has 0 spiro atoms. The van der Waals surface area contributed by atoms with Crippen LogP contribution in [0.1, 0.15) is 39.7 Å². The van der Waals surface area contributed by atoms with Gasteiger partial charge in [-0.3, -0.25) is 9.79 Å². The number of nitrogens with zero attached hydrogens (tertiary/aromatic N) is 3. The van der Waals surface area contributed by atoms with Crippen molar-refractivity contribution in [1.82, 2.24) is 9.88 Å². The molecule has 5 nitrogen and oxygen atoms in total. The number of carbonyl (C=O) groups is 1. The molecule has 1 aromatic rings. The van der Waals surface area contributed by atoms with Gasteiger partial charge in [-0.2, -0.15) is 13.2 Å². The highest BCUT2D eigenvalue weighted by Gasteiger charge is 2.43. The van der Waals surface area contributed by atoms with E-state index in [1.807, 2.05) is 0 Å². The Labute approximate surface area is 167 Å². The lowest BCUT2D eigenvalue weighted by Gasteiger charge is -2.45. The number of allylic oxidation sites excluding steroid dienone is 1. The van der Waals surface area contributed by atoms with Gasteiger partial charge in [0.15, 0.2) is 0 Å². The highest BCUT2D eigenvalue weighted by Crippen LogP contribution is 2.34. The molecular weight excluding hydrogens is 390 g/mol. The maximum Gasteiger partial charge on any atom is 0.417 e. The molecule has 1 saturated heterocycles. The Balaban J connectivity index is 2.18. The van der Waals surface area contributed by atoms with Crippen molar-refractivity contribution in [2.24, 2.45) is 10.9 Å². The van der Waals surface area contributed by atoms with Gasteiger partial charge in [0.2, 0.25) is 5.88 Å². The first-order valence-corrected chi connectivity index (χ1v) is 9.17. The maximum absolute atomic E-state index is 14.7. The van der Waals surface area contributed by atoms with Gasteiger partial charge in [-0.25, -0.2) is 9.37 Å². The molecule has 1 amide bonds.